The van der Waals surface area contributed by atoms with Crippen LogP contribution < -0.4 is 5.43 Å². The third-order valence-electron chi connectivity index (χ3n) is 4.58. The molecule has 0 bridgehead atoms. The molecule has 3 aromatic carbocycles. The molecule has 0 spiro atoms. The number of rotatable bonds is 4. The van der Waals surface area contributed by atoms with Gasteiger partial charge in [0.05, 0.1) is 23.0 Å². The number of para-hydroxylation sites is 2. The Balaban J connectivity index is 1.70. The number of aromatic hydroxyl groups is 1. The van der Waals surface area contributed by atoms with Crippen molar-refractivity contribution in [3.05, 3.63) is 95.6 Å². The highest BCUT2D eigenvalue weighted by atomic mass is 16.3. The Labute approximate surface area is 168 Å². The summed E-state index contributed by atoms with van der Waals surface area (Å²) in [6, 6.07) is 24.1. The maximum absolute atomic E-state index is 12.9. The maximum Gasteiger partial charge on any atom is 0.272 e. The van der Waals surface area contributed by atoms with Crippen LogP contribution in [0.25, 0.3) is 22.2 Å². The Morgan fingerprint density at radius 2 is 1.79 bits per heavy atom. The van der Waals surface area contributed by atoms with Crippen molar-refractivity contribution in [2.75, 3.05) is 0 Å². The van der Waals surface area contributed by atoms with E-state index in [1.807, 2.05) is 55.5 Å². The number of hydrogen-bond acceptors (Lipinski definition) is 4. The largest absolute Gasteiger partial charge is 0.507 e. The summed E-state index contributed by atoms with van der Waals surface area (Å²) in [5.41, 5.74) is 7.09. The van der Waals surface area contributed by atoms with Gasteiger partial charge < -0.3 is 5.11 Å². The van der Waals surface area contributed by atoms with Crippen molar-refractivity contribution in [2.24, 2.45) is 5.10 Å². The number of nitrogens with zero attached hydrogens (tertiary/aromatic N) is 2. The maximum atomic E-state index is 12.9. The average Bonchev–Trinajstić information content (AvgIpc) is 2.74. The summed E-state index contributed by atoms with van der Waals surface area (Å²) in [6.45, 7) is 2.02. The predicted octanol–water partition coefficient (Wildman–Crippen LogP) is 4.68. The molecule has 1 amide bonds. The number of hydrogen-bond donors (Lipinski definition) is 2. The van der Waals surface area contributed by atoms with Gasteiger partial charge in [0, 0.05) is 16.5 Å². The van der Waals surface area contributed by atoms with Crippen molar-refractivity contribution < 1.29 is 9.90 Å². The van der Waals surface area contributed by atoms with Gasteiger partial charge in [-0.15, -0.1) is 0 Å². The second-order valence-electron chi connectivity index (χ2n) is 6.70. The van der Waals surface area contributed by atoms with Crippen LogP contribution in [0.2, 0.25) is 0 Å². The summed E-state index contributed by atoms with van der Waals surface area (Å²) in [5, 5.41) is 14.6. The van der Waals surface area contributed by atoms with Crippen LogP contribution in [-0.2, 0) is 0 Å². The first-order valence-electron chi connectivity index (χ1n) is 9.20. The predicted molar refractivity (Wildman–Crippen MR) is 115 cm³/mol. The van der Waals surface area contributed by atoms with Gasteiger partial charge in [-0.3, -0.25) is 4.79 Å². The van der Waals surface area contributed by atoms with Crippen LogP contribution in [0.4, 0.5) is 0 Å². The summed E-state index contributed by atoms with van der Waals surface area (Å²) in [4.78, 5) is 17.6. The molecule has 0 unspecified atom stereocenters. The molecule has 0 saturated heterocycles. The minimum absolute atomic E-state index is 0.0987. The fourth-order valence-corrected chi connectivity index (χ4v) is 3.13. The van der Waals surface area contributed by atoms with E-state index in [0.717, 1.165) is 27.7 Å². The number of aryl methyl sites for hydroxylation is 1. The van der Waals surface area contributed by atoms with Crippen molar-refractivity contribution in [3.8, 4) is 17.0 Å². The van der Waals surface area contributed by atoms with Crippen LogP contribution >= 0.6 is 0 Å². The zero-order valence-corrected chi connectivity index (χ0v) is 15.8. The highest BCUT2D eigenvalue weighted by Gasteiger charge is 2.13. The van der Waals surface area contributed by atoms with E-state index in [1.165, 1.54) is 6.21 Å². The summed E-state index contributed by atoms with van der Waals surface area (Å²) < 4.78 is 0. The number of benzene rings is 3. The molecule has 0 aliphatic carbocycles. The van der Waals surface area contributed by atoms with Crippen molar-refractivity contribution in [3.63, 3.8) is 0 Å². The first-order valence-corrected chi connectivity index (χ1v) is 9.20. The molecule has 0 radical (unpaired) electrons. The molecule has 0 aliphatic heterocycles. The first kappa shape index (κ1) is 18.4. The molecule has 4 aromatic rings. The Morgan fingerprint density at radius 3 is 2.62 bits per heavy atom. The fraction of sp³-hybridized carbons (Fsp3) is 0.0417. The Kier molecular flexibility index (Phi) is 5.03. The number of pyridine rings is 1. The van der Waals surface area contributed by atoms with E-state index >= 15 is 0 Å². The molecule has 5 nitrogen and oxygen atoms in total. The lowest BCUT2D eigenvalue weighted by molar-refractivity contribution is 0.0956. The van der Waals surface area contributed by atoms with Crippen LogP contribution in [0.1, 0.15) is 21.5 Å². The molecule has 1 aromatic heterocycles. The molecule has 0 fully saturated rings. The number of fused-ring (bicyclic) bond motifs is 1. The lowest BCUT2D eigenvalue weighted by atomic mass is 10.0. The standard InChI is InChI=1S/C24H19N3O2/c1-16-7-6-9-17(13-16)22-14-20(19-10-3-4-11-21(19)26-22)24(29)27-25-15-18-8-2-5-12-23(18)28/h2-15,28H,1H3,(H,27,29). The summed E-state index contributed by atoms with van der Waals surface area (Å²) >= 11 is 0. The van der Waals surface area contributed by atoms with Crippen LogP contribution in [0, 0.1) is 6.92 Å². The van der Waals surface area contributed by atoms with Gasteiger partial charge in [-0.25, -0.2) is 10.4 Å². The molecule has 0 aliphatic rings. The Morgan fingerprint density at radius 1 is 1.00 bits per heavy atom. The SMILES string of the molecule is Cc1cccc(-c2cc(C(=O)NN=Cc3ccccc3O)c3ccccc3n2)c1. The molecular formula is C24H19N3O2. The Hall–Kier alpha value is -3.99. The second kappa shape index (κ2) is 7.94. The Bertz CT molecular complexity index is 1230. The molecule has 0 saturated carbocycles. The number of phenols is 1. The highest BCUT2D eigenvalue weighted by Crippen LogP contribution is 2.25. The first-order chi connectivity index (χ1) is 14.1. The minimum atomic E-state index is -0.343. The number of aromatic nitrogens is 1. The number of hydrazone groups is 1. The molecule has 142 valence electrons. The van der Waals surface area contributed by atoms with Gasteiger partial charge >= 0.3 is 0 Å². The van der Waals surface area contributed by atoms with Gasteiger partial charge in [-0.1, -0.05) is 54.1 Å². The van der Waals surface area contributed by atoms with E-state index in [9.17, 15) is 9.90 Å². The number of carbonyl (C=O) groups is 1. The van der Waals surface area contributed by atoms with E-state index < -0.39 is 0 Å². The number of carbonyl (C=O) groups excluding carboxylic acids is 1. The molecule has 2 N–H and O–H groups in total. The van der Waals surface area contributed by atoms with E-state index in [2.05, 4.69) is 10.5 Å². The van der Waals surface area contributed by atoms with Gasteiger partial charge in [0.15, 0.2) is 0 Å². The minimum Gasteiger partial charge on any atom is -0.507 e. The second-order valence-corrected chi connectivity index (χ2v) is 6.70. The monoisotopic (exact) mass is 381 g/mol. The van der Waals surface area contributed by atoms with Crippen molar-refractivity contribution in [1.82, 2.24) is 10.4 Å². The molecule has 1 heterocycles. The lowest BCUT2D eigenvalue weighted by Gasteiger charge is -2.09. The van der Waals surface area contributed by atoms with Gasteiger partial charge in [0.25, 0.3) is 5.91 Å². The van der Waals surface area contributed by atoms with Crippen molar-refractivity contribution in [1.29, 1.82) is 0 Å². The normalized spacial score (nSPS) is 11.1. The third kappa shape index (κ3) is 3.99. The number of nitrogens with one attached hydrogen (secondary N) is 1. The van der Waals surface area contributed by atoms with Crippen LogP contribution in [-0.4, -0.2) is 22.2 Å². The molecule has 29 heavy (non-hydrogen) atoms. The number of phenolic OH excluding ortho intramolecular Hbond substituents is 1. The average molecular weight is 381 g/mol. The molecular weight excluding hydrogens is 362 g/mol. The smallest absolute Gasteiger partial charge is 0.272 e. The lowest BCUT2D eigenvalue weighted by Crippen LogP contribution is -2.18. The van der Waals surface area contributed by atoms with E-state index in [-0.39, 0.29) is 11.7 Å². The van der Waals surface area contributed by atoms with E-state index in [0.29, 0.717) is 11.1 Å². The van der Waals surface area contributed by atoms with Gasteiger partial charge in [0.1, 0.15) is 5.75 Å². The quantitative estimate of drug-likeness (QED) is 0.398. The summed E-state index contributed by atoms with van der Waals surface area (Å²) in [7, 11) is 0. The van der Waals surface area contributed by atoms with E-state index in [1.54, 1.807) is 30.3 Å². The fourth-order valence-electron chi connectivity index (χ4n) is 3.13. The van der Waals surface area contributed by atoms with Crippen LogP contribution in [0.15, 0.2) is 84.0 Å². The zero-order chi connectivity index (χ0) is 20.2. The molecule has 5 heteroatoms. The third-order valence-corrected chi connectivity index (χ3v) is 4.58. The topological polar surface area (TPSA) is 74.6 Å². The zero-order valence-electron chi connectivity index (χ0n) is 15.8. The van der Waals surface area contributed by atoms with Crippen LogP contribution in [0.5, 0.6) is 5.75 Å². The number of amides is 1. The molecule has 0 atom stereocenters. The molecule has 4 rings (SSSR count). The van der Waals surface area contributed by atoms with Crippen molar-refractivity contribution >= 4 is 23.0 Å². The van der Waals surface area contributed by atoms with Gasteiger partial charge in [-0.05, 0) is 37.3 Å². The van der Waals surface area contributed by atoms with Crippen LogP contribution in [0.3, 0.4) is 0 Å². The summed E-state index contributed by atoms with van der Waals surface area (Å²) in [5.74, 6) is -0.245. The highest BCUT2D eigenvalue weighted by molar-refractivity contribution is 6.07. The van der Waals surface area contributed by atoms with Gasteiger partial charge in [-0.2, -0.15) is 5.10 Å². The summed E-state index contributed by atoms with van der Waals surface area (Å²) in [6.07, 6.45) is 1.41. The van der Waals surface area contributed by atoms with Gasteiger partial charge in [0.2, 0.25) is 0 Å². The van der Waals surface area contributed by atoms with Crippen molar-refractivity contribution in [2.45, 2.75) is 6.92 Å². The van der Waals surface area contributed by atoms with E-state index in [4.69, 9.17) is 4.98 Å².